The van der Waals surface area contributed by atoms with Crippen LogP contribution in [-0.4, -0.2) is 28.6 Å². The first-order valence-corrected chi connectivity index (χ1v) is 8.48. The quantitative estimate of drug-likeness (QED) is 0.859. The van der Waals surface area contributed by atoms with Crippen molar-refractivity contribution in [2.45, 2.75) is 30.7 Å². The monoisotopic (exact) mass is 319 g/mol. The topological polar surface area (TPSA) is 72.0 Å². The van der Waals surface area contributed by atoms with E-state index in [0.29, 0.717) is 17.5 Å². The lowest BCUT2D eigenvalue weighted by atomic mass is 10.0. The van der Waals surface area contributed by atoms with Gasteiger partial charge in [-0.05, 0) is 25.5 Å². The number of sulfonamides is 1. The zero-order valence-corrected chi connectivity index (χ0v) is 12.9. The van der Waals surface area contributed by atoms with Crippen molar-refractivity contribution < 1.29 is 8.42 Å². The summed E-state index contributed by atoms with van der Waals surface area (Å²) >= 11 is 6.84. The van der Waals surface area contributed by atoms with Gasteiger partial charge in [-0.15, -0.1) is 11.6 Å². The van der Waals surface area contributed by atoms with E-state index in [0.717, 1.165) is 11.7 Å². The van der Waals surface area contributed by atoms with E-state index in [1.54, 1.807) is 19.1 Å². The summed E-state index contributed by atoms with van der Waals surface area (Å²) in [6.07, 6.45) is 0.598. The summed E-state index contributed by atoms with van der Waals surface area (Å²) in [5.74, 6) is 0.202. The van der Waals surface area contributed by atoms with Crippen LogP contribution in [0.15, 0.2) is 23.1 Å². The molecular formula is C11H14ClN3O2S2. The maximum absolute atomic E-state index is 12.4. The van der Waals surface area contributed by atoms with Gasteiger partial charge in [0.2, 0.25) is 10.0 Å². The fourth-order valence-electron chi connectivity index (χ4n) is 1.57. The molecule has 1 aromatic carbocycles. The van der Waals surface area contributed by atoms with Crippen molar-refractivity contribution in [3.05, 3.63) is 18.2 Å². The standard InChI is InChI=1S/C11H14ClN3O2S2/c1-3-11(2,7-12)15-19(16,17)9-6-4-5-8-10(9)14-18-13-8/h4-6,15H,3,7H2,1-2H3. The Morgan fingerprint density at radius 1 is 1.42 bits per heavy atom. The number of benzene rings is 1. The van der Waals surface area contributed by atoms with Crippen molar-refractivity contribution in [1.82, 2.24) is 13.5 Å². The molecule has 0 saturated heterocycles. The summed E-state index contributed by atoms with van der Waals surface area (Å²) in [4.78, 5) is 0.142. The molecule has 0 bridgehead atoms. The zero-order valence-electron chi connectivity index (χ0n) is 10.6. The third-order valence-electron chi connectivity index (χ3n) is 2.99. The second-order valence-electron chi connectivity index (χ2n) is 4.54. The van der Waals surface area contributed by atoms with Crippen LogP contribution in [0.25, 0.3) is 11.0 Å². The smallest absolute Gasteiger partial charge is 0.207 e. The van der Waals surface area contributed by atoms with Crippen LogP contribution in [0.4, 0.5) is 0 Å². The van der Waals surface area contributed by atoms with Crippen LogP contribution in [0.5, 0.6) is 0 Å². The fourth-order valence-corrected chi connectivity index (χ4v) is 4.15. The molecule has 5 nitrogen and oxygen atoms in total. The maximum Gasteiger partial charge on any atom is 0.243 e. The summed E-state index contributed by atoms with van der Waals surface area (Å²) in [6, 6.07) is 4.91. The van der Waals surface area contributed by atoms with E-state index in [1.807, 2.05) is 6.92 Å². The number of nitrogens with one attached hydrogen (secondary N) is 1. The van der Waals surface area contributed by atoms with E-state index in [4.69, 9.17) is 11.6 Å². The van der Waals surface area contributed by atoms with Gasteiger partial charge in [0, 0.05) is 11.4 Å². The minimum atomic E-state index is -3.67. The Balaban J connectivity index is 2.48. The molecule has 19 heavy (non-hydrogen) atoms. The molecule has 8 heteroatoms. The second-order valence-corrected chi connectivity index (χ2v) is 6.99. The van der Waals surface area contributed by atoms with Crippen molar-refractivity contribution in [1.29, 1.82) is 0 Å². The summed E-state index contributed by atoms with van der Waals surface area (Å²) in [5, 5.41) is 0. The number of hydrogen-bond acceptors (Lipinski definition) is 5. The molecule has 0 amide bonds. The highest BCUT2D eigenvalue weighted by Gasteiger charge is 2.29. The van der Waals surface area contributed by atoms with Crippen molar-refractivity contribution >= 4 is 44.4 Å². The Hall–Kier alpha value is -0.760. The Kier molecular flexibility index (Phi) is 4.10. The van der Waals surface area contributed by atoms with Gasteiger partial charge in [0.25, 0.3) is 0 Å². The van der Waals surface area contributed by atoms with E-state index >= 15 is 0 Å². The molecule has 2 aromatic rings. The Morgan fingerprint density at radius 3 is 2.79 bits per heavy atom. The summed E-state index contributed by atoms with van der Waals surface area (Å²) in [5.41, 5.74) is 0.302. The van der Waals surface area contributed by atoms with Crippen LogP contribution < -0.4 is 4.72 Å². The molecule has 0 aliphatic carbocycles. The number of rotatable bonds is 5. The average molecular weight is 320 g/mol. The normalized spacial score (nSPS) is 15.5. The summed E-state index contributed by atoms with van der Waals surface area (Å²) in [6.45, 7) is 3.66. The first-order valence-electron chi connectivity index (χ1n) is 5.73. The van der Waals surface area contributed by atoms with Gasteiger partial charge < -0.3 is 0 Å². The van der Waals surface area contributed by atoms with E-state index in [1.165, 1.54) is 6.07 Å². The predicted molar refractivity (Wildman–Crippen MR) is 77.2 cm³/mol. The lowest BCUT2D eigenvalue weighted by Crippen LogP contribution is -2.46. The summed E-state index contributed by atoms with van der Waals surface area (Å²) < 4.78 is 35.6. The lowest BCUT2D eigenvalue weighted by molar-refractivity contribution is 0.445. The lowest BCUT2D eigenvalue weighted by Gasteiger charge is -2.26. The van der Waals surface area contributed by atoms with Crippen LogP contribution in [0, 0.1) is 0 Å². The Labute approximate surface area is 121 Å². The molecule has 0 aliphatic rings. The molecular weight excluding hydrogens is 306 g/mol. The minimum Gasteiger partial charge on any atom is -0.207 e. The van der Waals surface area contributed by atoms with Crippen molar-refractivity contribution in [2.24, 2.45) is 0 Å². The molecule has 0 saturated carbocycles. The molecule has 1 heterocycles. The van der Waals surface area contributed by atoms with Gasteiger partial charge in [0.1, 0.15) is 15.9 Å². The molecule has 0 aliphatic heterocycles. The number of halogens is 1. The average Bonchev–Trinajstić information content (AvgIpc) is 2.85. The zero-order chi connectivity index (χ0) is 14.1. The third kappa shape index (κ3) is 2.89. The maximum atomic E-state index is 12.4. The van der Waals surface area contributed by atoms with Gasteiger partial charge in [0.15, 0.2) is 0 Å². The number of fused-ring (bicyclic) bond motifs is 1. The van der Waals surface area contributed by atoms with Crippen LogP contribution in [0.2, 0.25) is 0 Å². The number of alkyl halides is 1. The molecule has 104 valence electrons. The van der Waals surface area contributed by atoms with Crippen molar-refractivity contribution in [2.75, 3.05) is 5.88 Å². The van der Waals surface area contributed by atoms with Crippen molar-refractivity contribution in [3.63, 3.8) is 0 Å². The fraction of sp³-hybridized carbons (Fsp3) is 0.455. The molecule has 1 atom stereocenters. The summed E-state index contributed by atoms with van der Waals surface area (Å²) in [7, 11) is -3.67. The molecule has 0 fully saturated rings. The molecule has 0 spiro atoms. The second kappa shape index (κ2) is 5.32. The van der Waals surface area contributed by atoms with Crippen LogP contribution in [0.1, 0.15) is 20.3 Å². The van der Waals surface area contributed by atoms with Gasteiger partial charge in [-0.1, -0.05) is 13.0 Å². The van der Waals surface area contributed by atoms with E-state index in [2.05, 4.69) is 13.5 Å². The van der Waals surface area contributed by atoms with E-state index < -0.39 is 15.6 Å². The number of hydrogen-bond donors (Lipinski definition) is 1. The molecule has 1 unspecified atom stereocenters. The van der Waals surface area contributed by atoms with Crippen molar-refractivity contribution in [3.8, 4) is 0 Å². The minimum absolute atomic E-state index is 0.142. The highest BCUT2D eigenvalue weighted by Crippen LogP contribution is 2.23. The SMILES string of the molecule is CCC(C)(CCl)NS(=O)(=O)c1cccc2nsnc12. The molecule has 2 rings (SSSR count). The van der Waals surface area contributed by atoms with E-state index in [-0.39, 0.29) is 10.8 Å². The predicted octanol–water partition coefficient (Wildman–Crippen LogP) is 2.38. The largest absolute Gasteiger partial charge is 0.243 e. The highest BCUT2D eigenvalue weighted by molar-refractivity contribution is 7.89. The Bertz CT molecular complexity index is 680. The highest BCUT2D eigenvalue weighted by atomic mass is 35.5. The molecule has 0 radical (unpaired) electrons. The van der Waals surface area contributed by atoms with Crippen LogP contribution in [0.3, 0.4) is 0 Å². The van der Waals surface area contributed by atoms with Gasteiger partial charge in [0.05, 0.1) is 11.7 Å². The van der Waals surface area contributed by atoms with Crippen LogP contribution in [-0.2, 0) is 10.0 Å². The van der Waals surface area contributed by atoms with Gasteiger partial charge in [-0.25, -0.2) is 13.1 Å². The number of aromatic nitrogens is 2. The van der Waals surface area contributed by atoms with Gasteiger partial charge in [-0.3, -0.25) is 0 Å². The van der Waals surface area contributed by atoms with Crippen LogP contribution >= 0.6 is 23.3 Å². The van der Waals surface area contributed by atoms with E-state index in [9.17, 15) is 8.42 Å². The first kappa shape index (κ1) is 14.6. The third-order valence-corrected chi connectivity index (χ3v) is 5.80. The first-order chi connectivity index (χ1) is 8.92. The molecule has 1 N–H and O–H groups in total. The number of nitrogens with zero attached hydrogens (tertiary/aromatic N) is 2. The Morgan fingerprint density at radius 2 is 2.16 bits per heavy atom. The van der Waals surface area contributed by atoms with Gasteiger partial charge in [-0.2, -0.15) is 8.75 Å². The molecule has 1 aromatic heterocycles. The van der Waals surface area contributed by atoms with Gasteiger partial charge >= 0.3 is 0 Å².